The zero-order valence-corrected chi connectivity index (χ0v) is 15.9. The van der Waals surface area contributed by atoms with Gasteiger partial charge in [0.1, 0.15) is 18.1 Å². The first-order chi connectivity index (χ1) is 14.8. The van der Waals surface area contributed by atoms with Crippen LogP contribution in [-0.2, 0) is 6.61 Å². The number of carbonyl (C=O) groups is 1. The van der Waals surface area contributed by atoms with Crippen molar-refractivity contribution >= 4 is 11.9 Å². The molecule has 0 amide bonds. The molecule has 0 atom stereocenters. The average molecular weight is 432 g/mol. The molecule has 0 aromatic heterocycles. The minimum Gasteiger partial charge on any atom is -0.489 e. The smallest absolute Gasteiger partial charge is 0.232 e. The van der Waals surface area contributed by atoms with Crippen molar-refractivity contribution in [3.8, 4) is 11.5 Å². The molecule has 158 valence electrons. The van der Waals surface area contributed by atoms with Crippen molar-refractivity contribution in [2.24, 2.45) is 0 Å². The molecule has 1 aliphatic heterocycles. The summed E-state index contributed by atoms with van der Waals surface area (Å²) in [7, 11) is 0. The standard InChI is InChI=1S/C23H13F5O3/c1-11-7-13(30-10-14-18(24)20(26)22(28)21(27)19(14)25)9-15-17(11)23(29)16(31-15)8-12-5-3-2-4-6-12/h2-9H,10H2,1H3/b16-8-. The van der Waals surface area contributed by atoms with Crippen LogP contribution in [0.1, 0.15) is 27.0 Å². The van der Waals surface area contributed by atoms with Gasteiger partial charge < -0.3 is 9.47 Å². The number of benzene rings is 3. The van der Waals surface area contributed by atoms with Crippen molar-refractivity contribution < 1.29 is 36.2 Å². The van der Waals surface area contributed by atoms with Crippen LogP contribution in [0.3, 0.4) is 0 Å². The van der Waals surface area contributed by atoms with Gasteiger partial charge in [0.2, 0.25) is 11.6 Å². The summed E-state index contributed by atoms with van der Waals surface area (Å²) >= 11 is 0. The number of ether oxygens (including phenoxy) is 2. The first kappa shape index (κ1) is 20.6. The fraction of sp³-hybridized carbons (Fsp3) is 0.0870. The number of hydrogen-bond acceptors (Lipinski definition) is 3. The van der Waals surface area contributed by atoms with Gasteiger partial charge >= 0.3 is 0 Å². The Bertz CT molecular complexity index is 1210. The largest absolute Gasteiger partial charge is 0.489 e. The van der Waals surface area contributed by atoms with E-state index in [-0.39, 0.29) is 23.0 Å². The quantitative estimate of drug-likeness (QED) is 0.223. The van der Waals surface area contributed by atoms with Crippen LogP contribution >= 0.6 is 0 Å². The Kier molecular flexibility index (Phi) is 5.22. The highest BCUT2D eigenvalue weighted by atomic mass is 19.2. The summed E-state index contributed by atoms with van der Waals surface area (Å²) in [6.45, 7) is 0.696. The highest BCUT2D eigenvalue weighted by molar-refractivity contribution is 6.15. The van der Waals surface area contributed by atoms with Crippen molar-refractivity contribution in [3.05, 3.63) is 99.6 Å². The normalized spacial score (nSPS) is 14.0. The topological polar surface area (TPSA) is 35.5 Å². The van der Waals surface area contributed by atoms with E-state index in [0.717, 1.165) is 5.56 Å². The van der Waals surface area contributed by atoms with Gasteiger partial charge in [0.05, 0.1) is 11.1 Å². The van der Waals surface area contributed by atoms with E-state index in [9.17, 15) is 26.7 Å². The van der Waals surface area contributed by atoms with Gasteiger partial charge in [-0.15, -0.1) is 0 Å². The number of allylic oxidation sites excluding steroid dienone is 1. The van der Waals surface area contributed by atoms with E-state index < -0.39 is 41.3 Å². The van der Waals surface area contributed by atoms with Gasteiger partial charge in [-0.25, -0.2) is 22.0 Å². The van der Waals surface area contributed by atoms with E-state index in [1.807, 2.05) is 6.07 Å². The molecule has 0 aliphatic carbocycles. The van der Waals surface area contributed by atoms with Crippen LogP contribution in [0, 0.1) is 36.0 Å². The van der Waals surface area contributed by atoms with E-state index in [0.29, 0.717) is 11.1 Å². The Morgan fingerprint density at radius 2 is 1.52 bits per heavy atom. The summed E-state index contributed by atoms with van der Waals surface area (Å²) in [5, 5.41) is 0. The monoisotopic (exact) mass is 432 g/mol. The van der Waals surface area contributed by atoms with Crippen LogP contribution in [0.25, 0.3) is 6.08 Å². The molecule has 0 spiro atoms. The van der Waals surface area contributed by atoms with Gasteiger partial charge in [-0.3, -0.25) is 4.79 Å². The van der Waals surface area contributed by atoms with E-state index in [1.165, 1.54) is 12.1 Å². The summed E-state index contributed by atoms with van der Waals surface area (Å²) in [6.07, 6.45) is 1.57. The van der Waals surface area contributed by atoms with E-state index in [4.69, 9.17) is 9.47 Å². The van der Waals surface area contributed by atoms with Crippen molar-refractivity contribution in [3.63, 3.8) is 0 Å². The summed E-state index contributed by atoms with van der Waals surface area (Å²) in [5.41, 5.74) is 0.410. The average Bonchev–Trinajstić information content (AvgIpc) is 3.07. The Morgan fingerprint density at radius 3 is 2.16 bits per heavy atom. The summed E-state index contributed by atoms with van der Waals surface area (Å²) < 4.78 is 78.4. The minimum absolute atomic E-state index is 0.0361. The molecule has 31 heavy (non-hydrogen) atoms. The van der Waals surface area contributed by atoms with E-state index >= 15 is 0 Å². The van der Waals surface area contributed by atoms with Gasteiger partial charge in [-0.05, 0) is 30.2 Å². The maximum Gasteiger partial charge on any atom is 0.232 e. The van der Waals surface area contributed by atoms with E-state index in [2.05, 4.69) is 0 Å². The molecule has 0 N–H and O–H groups in total. The molecule has 8 heteroatoms. The van der Waals surface area contributed by atoms with Gasteiger partial charge in [0.25, 0.3) is 0 Å². The van der Waals surface area contributed by atoms with Gasteiger partial charge in [0.15, 0.2) is 29.0 Å². The molecule has 0 radical (unpaired) electrons. The number of halogens is 5. The molecule has 0 bridgehead atoms. The third kappa shape index (κ3) is 3.65. The van der Waals surface area contributed by atoms with Crippen LogP contribution in [0.15, 0.2) is 48.2 Å². The maximum atomic E-state index is 13.8. The van der Waals surface area contributed by atoms with Gasteiger partial charge in [-0.1, -0.05) is 30.3 Å². The summed E-state index contributed by atoms with van der Waals surface area (Å²) in [4.78, 5) is 12.7. The number of fused-ring (bicyclic) bond motifs is 1. The number of hydrogen-bond donors (Lipinski definition) is 0. The third-order valence-corrected chi connectivity index (χ3v) is 4.72. The lowest BCUT2D eigenvalue weighted by Gasteiger charge is -2.11. The highest BCUT2D eigenvalue weighted by Crippen LogP contribution is 2.38. The predicted molar refractivity (Wildman–Crippen MR) is 101 cm³/mol. The second-order valence-corrected chi connectivity index (χ2v) is 6.80. The Balaban J connectivity index is 1.61. The SMILES string of the molecule is Cc1cc(OCc2c(F)c(F)c(F)c(F)c2F)cc2c1C(=O)/C(=C/c1ccccc1)O2. The third-order valence-electron chi connectivity index (χ3n) is 4.72. The first-order valence-corrected chi connectivity index (χ1v) is 9.05. The van der Waals surface area contributed by atoms with Crippen molar-refractivity contribution in [2.75, 3.05) is 0 Å². The lowest BCUT2D eigenvalue weighted by molar-refractivity contribution is 0.101. The lowest BCUT2D eigenvalue weighted by Crippen LogP contribution is -2.10. The maximum absolute atomic E-state index is 13.8. The first-order valence-electron chi connectivity index (χ1n) is 9.05. The van der Waals surface area contributed by atoms with Gasteiger partial charge in [-0.2, -0.15) is 0 Å². The molecule has 3 aromatic carbocycles. The number of carbonyl (C=O) groups excluding carboxylic acids is 1. The number of aryl methyl sites for hydroxylation is 1. The fourth-order valence-electron chi connectivity index (χ4n) is 3.19. The van der Waals surface area contributed by atoms with Crippen LogP contribution in [0.4, 0.5) is 22.0 Å². The molecule has 4 rings (SSSR count). The molecule has 0 fully saturated rings. The van der Waals surface area contributed by atoms with Crippen molar-refractivity contribution in [2.45, 2.75) is 13.5 Å². The second kappa shape index (κ2) is 7.86. The zero-order valence-electron chi connectivity index (χ0n) is 15.9. The summed E-state index contributed by atoms with van der Waals surface area (Å²) in [5.74, 6) is -10.3. The zero-order chi connectivity index (χ0) is 22.3. The molecule has 3 nitrogen and oxygen atoms in total. The predicted octanol–water partition coefficient (Wildman–Crippen LogP) is 5.89. The Hall–Kier alpha value is -3.68. The van der Waals surface area contributed by atoms with Crippen LogP contribution < -0.4 is 9.47 Å². The van der Waals surface area contributed by atoms with Crippen molar-refractivity contribution in [1.82, 2.24) is 0 Å². The number of Topliss-reactive ketones (excluding diaryl/α,β-unsaturated/α-hetero) is 1. The highest BCUT2D eigenvalue weighted by Gasteiger charge is 2.30. The molecule has 0 unspecified atom stereocenters. The minimum atomic E-state index is -2.24. The van der Waals surface area contributed by atoms with Crippen LogP contribution in [0.5, 0.6) is 11.5 Å². The van der Waals surface area contributed by atoms with E-state index in [1.54, 1.807) is 37.3 Å². The van der Waals surface area contributed by atoms with Crippen LogP contribution in [-0.4, -0.2) is 5.78 Å². The van der Waals surface area contributed by atoms with Gasteiger partial charge in [0, 0.05) is 6.07 Å². The second-order valence-electron chi connectivity index (χ2n) is 6.80. The number of rotatable bonds is 4. The molecule has 3 aromatic rings. The molecular weight excluding hydrogens is 419 g/mol. The Morgan fingerprint density at radius 1 is 0.903 bits per heavy atom. The Labute approximate surface area is 173 Å². The molecule has 1 heterocycles. The molecule has 1 aliphatic rings. The summed E-state index contributed by atoms with van der Waals surface area (Å²) in [6, 6.07) is 11.7. The molecule has 0 saturated heterocycles. The lowest BCUT2D eigenvalue weighted by atomic mass is 10.0. The molecular formula is C23H13F5O3. The van der Waals surface area contributed by atoms with Crippen molar-refractivity contribution in [1.29, 1.82) is 0 Å². The fourth-order valence-corrected chi connectivity index (χ4v) is 3.19. The van der Waals surface area contributed by atoms with Crippen LogP contribution in [0.2, 0.25) is 0 Å². The number of ketones is 1. The molecule has 0 saturated carbocycles.